The zero-order valence-electron chi connectivity index (χ0n) is 15.7. The van der Waals surface area contributed by atoms with Crippen LogP contribution >= 0.6 is 0 Å². The standard InChI is InChI=1S/C20H21N3O5/c1-13-4-3-5-16(6-13)26-11-20(25)21-10-19(24)23-22-9-15-8-18-17(7-14(15)2)27-12-28-18/h3-9H,10-12H2,1-2H3,(H,21,25)(H,23,24). The number of carbonyl (C=O) groups is 2. The molecule has 8 nitrogen and oxygen atoms in total. The second kappa shape index (κ2) is 8.90. The molecule has 0 aliphatic carbocycles. The van der Waals surface area contributed by atoms with Gasteiger partial charge in [0, 0.05) is 5.56 Å². The summed E-state index contributed by atoms with van der Waals surface area (Å²) in [4.78, 5) is 23.6. The fourth-order valence-electron chi connectivity index (χ4n) is 2.50. The minimum Gasteiger partial charge on any atom is -0.484 e. The smallest absolute Gasteiger partial charge is 0.259 e. The van der Waals surface area contributed by atoms with Gasteiger partial charge < -0.3 is 19.5 Å². The van der Waals surface area contributed by atoms with E-state index in [0.717, 1.165) is 16.7 Å². The highest BCUT2D eigenvalue weighted by atomic mass is 16.7. The lowest BCUT2D eigenvalue weighted by molar-refractivity contribution is -0.127. The summed E-state index contributed by atoms with van der Waals surface area (Å²) >= 11 is 0. The van der Waals surface area contributed by atoms with Crippen molar-refractivity contribution < 1.29 is 23.8 Å². The summed E-state index contributed by atoms with van der Waals surface area (Å²) < 4.78 is 16.0. The summed E-state index contributed by atoms with van der Waals surface area (Å²) in [5.74, 6) is 1.09. The maximum absolute atomic E-state index is 11.8. The topological polar surface area (TPSA) is 98.2 Å². The quantitative estimate of drug-likeness (QED) is 0.560. The number of benzene rings is 2. The SMILES string of the molecule is Cc1cccc(OCC(=O)NCC(=O)NN=Cc2cc3c(cc2C)OCO3)c1. The molecular weight excluding hydrogens is 362 g/mol. The van der Waals surface area contributed by atoms with Crippen LogP contribution in [0.25, 0.3) is 0 Å². The van der Waals surface area contributed by atoms with Crippen molar-refractivity contribution in [2.75, 3.05) is 19.9 Å². The average Bonchev–Trinajstić information content (AvgIpc) is 3.12. The molecular formula is C20H21N3O5. The van der Waals surface area contributed by atoms with Crippen molar-refractivity contribution in [2.45, 2.75) is 13.8 Å². The zero-order valence-corrected chi connectivity index (χ0v) is 15.7. The average molecular weight is 383 g/mol. The Morgan fingerprint density at radius 2 is 1.93 bits per heavy atom. The van der Waals surface area contributed by atoms with Crippen LogP contribution in [0.3, 0.4) is 0 Å². The first-order valence-corrected chi connectivity index (χ1v) is 8.69. The van der Waals surface area contributed by atoms with Gasteiger partial charge in [0.1, 0.15) is 5.75 Å². The van der Waals surface area contributed by atoms with E-state index in [-0.39, 0.29) is 19.9 Å². The molecule has 0 spiro atoms. The van der Waals surface area contributed by atoms with Crippen LogP contribution in [-0.4, -0.2) is 38.0 Å². The monoisotopic (exact) mass is 383 g/mol. The predicted molar refractivity (Wildman–Crippen MR) is 103 cm³/mol. The van der Waals surface area contributed by atoms with E-state index in [0.29, 0.717) is 17.2 Å². The number of fused-ring (bicyclic) bond motifs is 1. The van der Waals surface area contributed by atoms with Crippen LogP contribution < -0.4 is 25.0 Å². The minimum absolute atomic E-state index is 0.170. The number of hydrogen-bond donors (Lipinski definition) is 2. The summed E-state index contributed by atoms with van der Waals surface area (Å²) in [6.45, 7) is 3.66. The molecule has 1 aliphatic heterocycles. The summed E-state index contributed by atoms with van der Waals surface area (Å²) in [7, 11) is 0. The van der Waals surface area contributed by atoms with E-state index in [1.807, 2.05) is 38.1 Å². The van der Waals surface area contributed by atoms with Gasteiger partial charge in [-0.25, -0.2) is 5.43 Å². The van der Waals surface area contributed by atoms with Crippen molar-refractivity contribution in [3.63, 3.8) is 0 Å². The molecule has 28 heavy (non-hydrogen) atoms. The lowest BCUT2D eigenvalue weighted by Crippen LogP contribution is -2.37. The Labute approximate surface area is 162 Å². The van der Waals surface area contributed by atoms with Gasteiger partial charge in [0.05, 0.1) is 12.8 Å². The van der Waals surface area contributed by atoms with E-state index < -0.39 is 11.8 Å². The molecule has 0 atom stereocenters. The maximum Gasteiger partial charge on any atom is 0.259 e. The number of carbonyl (C=O) groups excluding carboxylic acids is 2. The van der Waals surface area contributed by atoms with Crippen molar-refractivity contribution in [2.24, 2.45) is 5.10 Å². The number of rotatable bonds is 7. The molecule has 146 valence electrons. The number of hydrazone groups is 1. The summed E-state index contributed by atoms with van der Waals surface area (Å²) in [6, 6.07) is 11.0. The molecule has 1 heterocycles. The zero-order chi connectivity index (χ0) is 19.9. The lowest BCUT2D eigenvalue weighted by Gasteiger charge is -2.07. The first-order valence-electron chi connectivity index (χ1n) is 8.69. The van der Waals surface area contributed by atoms with Gasteiger partial charge >= 0.3 is 0 Å². The van der Waals surface area contributed by atoms with Gasteiger partial charge in [-0.2, -0.15) is 5.10 Å². The van der Waals surface area contributed by atoms with Crippen molar-refractivity contribution >= 4 is 18.0 Å². The van der Waals surface area contributed by atoms with E-state index in [1.165, 1.54) is 6.21 Å². The fourth-order valence-corrected chi connectivity index (χ4v) is 2.50. The third-order valence-corrected chi connectivity index (χ3v) is 3.96. The van der Waals surface area contributed by atoms with Crippen molar-refractivity contribution in [1.82, 2.24) is 10.7 Å². The van der Waals surface area contributed by atoms with Gasteiger partial charge in [0.25, 0.3) is 11.8 Å². The molecule has 2 amide bonds. The second-order valence-corrected chi connectivity index (χ2v) is 6.24. The molecule has 0 aromatic heterocycles. The van der Waals surface area contributed by atoms with Gasteiger partial charge in [-0.3, -0.25) is 9.59 Å². The number of aryl methyl sites for hydroxylation is 2. The Hall–Kier alpha value is -3.55. The Kier molecular flexibility index (Phi) is 6.11. The van der Waals surface area contributed by atoms with Crippen molar-refractivity contribution in [1.29, 1.82) is 0 Å². The normalized spacial score (nSPS) is 12.1. The molecule has 8 heteroatoms. The van der Waals surface area contributed by atoms with Crippen LogP contribution in [0.15, 0.2) is 41.5 Å². The Balaban J connectivity index is 1.41. The maximum atomic E-state index is 11.8. The summed E-state index contributed by atoms with van der Waals surface area (Å²) in [5.41, 5.74) is 5.13. The van der Waals surface area contributed by atoms with Gasteiger partial charge in [-0.1, -0.05) is 12.1 Å². The first-order chi connectivity index (χ1) is 13.5. The molecule has 3 rings (SSSR count). The second-order valence-electron chi connectivity index (χ2n) is 6.24. The molecule has 0 unspecified atom stereocenters. The van der Waals surface area contributed by atoms with Crippen molar-refractivity contribution in [3.8, 4) is 17.2 Å². The molecule has 0 saturated heterocycles. The molecule has 2 N–H and O–H groups in total. The van der Waals surface area contributed by atoms with Crippen LogP contribution in [0, 0.1) is 13.8 Å². The van der Waals surface area contributed by atoms with Crippen LogP contribution in [0.1, 0.15) is 16.7 Å². The minimum atomic E-state index is -0.446. The number of nitrogens with zero attached hydrogens (tertiary/aromatic N) is 1. The van der Waals surface area contributed by atoms with Gasteiger partial charge in [0.2, 0.25) is 6.79 Å². The molecule has 2 aromatic rings. The van der Waals surface area contributed by atoms with E-state index >= 15 is 0 Å². The lowest BCUT2D eigenvalue weighted by atomic mass is 10.1. The first kappa shape index (κ1) is 19.2. The number of hydrogen-bond acceptors (Lipinski definition) is 6. The highest BCUT2D eigenvalue weighted by Gasteiger charge is 2.14. The number of amides is 2. The molecule has 1 aliphatic rings. The largest absolute Gasteiger partial charge is 0.484 e. The van der Waals surface area contributed by atoms with Crippen LogP contribution in [0.4, 0.5) is 0 Å². The molecule has 0 saturated carbocycles. The Morgan fingerprint density at radius 1 is 1.14 bits per heavy atom. The fraction of sp³-hybridized carbons (Fsp3) is 0.250. The predicted octanol–water partition coefficient (Wildman–Crippen LogP) is 1.68. The number of ether oxygens (including phenoxy) is 3. The Bertz CT molecular complexity index is 911. The Morgan fingerprint density at radius 3 is 2.71 bits per heavy atom. The molecule has 0 fully saturated rings. The number of nitrogens with one attached hydrogen (secondary N) is 2. The van der Waals surface area contributed by atoms with Gasteiger partial charge in [-0.15, -0.1) is 0 Å². The van der Waals surface area contributed by atoms with Crippen LogP contribution in [0.2, 0.25) is 0 Å². The summed E-state index contributed by atoms with van der Waals surface area (Å²) in [5, 5.41) is 6.38. The van der Waals surface area contributed by atoms with Gasteiger partial charge in [0.15, 0.2) is 18.1 Å². The molecule has 0 radical (unpaired) electrons. The van der Waals surface area contributed by atoms with E-state index in [1.54, 1.807) is 12.1 Å². The van der Waals surface area contributed by atoms with E-state index in [9.17, 15) is 9.59 Å². The third kappa shape index (κ3) is 5.23. The van der Waals surface area contributed by atoms with E-state index in [2.05, 4.69) is 15.8 Å². The summed E-state index contributed by atoms with van der Waals surface area (Å²) in [6.07, 6.45) is 1.51. The highest BCUT2D eigenvalue weighted by molar-refractivity contribution is 5.87. The van der Waals surface area contributed by atoms with E-state index in [4.69, 9.17) is 14.2 Å². The van der Waals surface area contributed by atoms with Crippen molar-refractivity contribution in [3.05, 3.63) is 53.1 Å². The third-order valence-electron chi connectivity index (χ3n) is 3.96. The van der Waals surface area contributed by atoms with Crippen LogP contribution in [0.5, 0.6) is 17.2 Å². The highest BCUT2D eigenvalue weighted by Crippen LogP contribution is 2.33. The molecule has 2 aromatic carbocycles. The van der Waals surface area contributed by atoms with Crippen LogP contribution in [-0.2, 0) is 9.59 Å². The van der Waals surface area contributed by atoms with Gasteiger partial charge in [-0.05, 0) is 49.2 Å². The molecule has 0 bridgehead atoms.